The summed E-state index contributed by atoms with van der Waals surface area (Å²) in [5.74, 6) is -1.13. The number of aliphatic imine (C=N–C) groups is 1. The van der Waals surface area contributed by atoms with Crippen molar-refractivity contribution in [3.8, 4) is 5.75 Å². The number of hydrogen-bond acceptors (Lipinski definition) is 4. The average molecular weight is 356 g/mol. The molecule has 24 heavy (non-hydrogen) atoms. The van der Waals surface area contributed by atoms with E-state index in [1.165, 1.54) is 13.1 Å². The van der Waals surface area contributed by atoms with Crippen LogP contribution in [0.15, 0.2) is 29.3 Å². The minimum Gasteiger partial charge on any atom is -0.454 e. The highest BCUT2D eigenvalue weighted by Crippen LogP contribution is 2.37. The van der Waals surface area contributed by atoms with Gasteiger partial charge in [0.15, 0.2) is 6.61 Å². The Balaban J connectivity index is 2.19. The fraction of sp³-hybridized carbons (Fsp3) is 0.385. The van der Waals surface area contributed by atoms with Gasteiger partial charge in [-0.3, -0.25) is 9.69 Å². The molecule has 0 aromatic heterocycles. The Morgan fingerprint density at radius 2 is 1.96 bits per heavy atom. The quantitative estimate of drug-likeness (QED) is 0.780. The number of nitrogens with zero attached hydrogens (tertiary/aromatic N) is 2. The van der Waals surface area contributed by atoms with Crippen LogP contribution in [0.25, 0.3) is 0 Å². The molecule has 0 saturated carbocycles. The maximum atomic E-state index is 13.2. The first-order chi connectivity index (χ1) is 11.0. The minimum atomic E-state index is -5.78. The van der Waals surface area contributed by atoms with Gasteiger partial charge in [0.05, 0.1) is 5.69 Å². The van der Waals surface area contributed by atoms with Crippen molar-refractivity contribution in [3.05, 3.63) is 24.3 Å². The topological polar surface area (TPSA) is 51.1 Å². The van der Waals surface area contributed by atoms with Crippen LogP contribution in [0.2, 0.25) is 0 Å². The smallest absolute Gasteiger partial charge is 0.439 e. The lowest BCUT2D eigenvalue weighted by atomic mass is 10.3. The zero-order valence-corrected chi connectivity index (χ0v) is 12.0. The molecular formula is C13H10F6N2O3. The van der Waals surface area contributed by atoms with Gasteiger partial charge in [-0.05, 0) is 12.1 Å². The van der Waals surface area contributed by atoms with Crippen LogP contribution in [-0.4, -0.2) is 48.9 Å². The number of benzene rings is 1. The average Bonchev–Trinajstić information content (AvgIpc) is 2.77. The molecule has 1 aromatic carbocycles. The number of carbonyl (C=O) groups excluding carboxylic acids is 1. The van der Waals surface area contributed by atoms with Crippen LogP contribution in [0.1, 0.15) is 0 Å². The summed E-state index contributed by atoms with van der Waals surface area (Å²) in [7, 11) is 1.36. The molecule has 0 spiro atoms. The molecule has 1 saturated heterocycles. The highest BCUT2D eigenvalue weighted by Gasteiger charge is 2.59. The van der Waals surface area contributed by atoms with Gasteiger partial charge >= 0.3 is 12.3 Å². The molecule has 0 bridgehead atoms. The minimum absolute atomic E-state index is 0.0396. The Morgan fingerprint density at radius 3 is 2.50 bits per heavy atom. The highest BCUT2D eigenvalue weighted by atomic mass is 19.4. The van der Waals surface area contributed by atoms with E-state index in [1.54, 1.807) is 0 Å². The van der Waals surface area contributed by atoms with E-state index in [2.05, 4.69) is 9.73 Å². The number of amidine groups is 1. The Bertz CT molecular complexity index is 661. The molecule has 132 valence electrons. The van der Waals surface area contributed by atoms with Crippen molar-refractivity contribution in [2.75, 3.05) is 13.7 Å². The fourth-order valence-corrected chi connectivity index (χ4v) is 1.66. The predicted molar refractivity (Wildman–Crippen MR) is 68.8 cm³/mol. The van der Waals surface area contributed by atoms with Gasteiger partial charge in [-0.1, -0.05) is 6.07 Å². The maximum Gasteiger partial charge on any atom is 0.439 e. The first kappa shape index (κ1) is 17.9. The lowest BCUT2D eigenvalue weighted by Gasteiger charge is -2.23. The van der Waals surface area contributed by atoms with Crippen LogP contribution in [0.4, 0.5) is 32.0 Å². The van der Waals surface area contributed by atoms with Crippen LogP contribution in [0.5, 0.6) is 5.75 Å². The summed E-state index contributed by atoms with van der Waals surface area (Å²) in [6.45, 7) is -0.251. The number of carbonyl (C=O) groups is 1. The van der Waals surface area contributed by atoms with Crippen molar-refractivity contribution < 1.29 is 40.6 Å². The molecule has 1 unspecified atom stereocenters. The largest absolute Gasteiger partial charge is 0.454 e. The van der Waals surface area contributed by atoms with E-state index in [1.807, 2.05) is 0 Å². The number of ether oxygens (including phenoxy) is 2. The molecule has 0 N–H and O–H groups in total. The summed E-state index contributed by atoms with van der Waals surface area (Å²) in [4.78, 5) is 16.1. The van der Waals surface area contributed by atoms with E-state index in [0.717, 1.165) is 23.1 Å². The van der Waals surface area contributed by atoms with Gasteiger partial charge in [-0.25, -0.2) is 4.39 Å². The Labute approximate surface area is 131 Å². The maximum absolute atomic E-state index is 13.2. The third kappa shape index (κ3) is 3.89. The van der Waals surface area contributed by atoms with E-state index >= 15 is 0 Å². The van der Waals surface area contributed by atoms with Crippen molar-refractivity contribution in [2.24, 2.45) is 4.99 Å². The third-order valence-electron chi connectivity index (χ3n) is 2.86. The number of alkyl halides is 6. The molecule has 11 heteroatoms. The van der Waals surface area contributed by atoms with Gasteiger partial charge in [0.2, 0.25) is 0 Å². The summed E-state index contributed by atoms with van der Waals surface area (Å²) in [6, 6.07) is 4.09. The molecule has 1 amide bonds. The van der Waals surface area contributed by atoms with E-state index in [0.29, 0.717) is 0 Å². The lowest BCUT2D eigenvalue weighted by molar-refractivity contribution is -0.304. The lowest BCUT2D eigenvalue weighted by Crippen LogP contribution is -2.45. The standard InChI is InChI=1S/C13H10F6N2O3/c1-21-9(22)6-23-11(21)20-7-3-2-4-8(5-7)24-13(18,19)10(14)12(15,16)17/h2-5,10H,6H2,1H3. The summed E-state index contributed by atoms with van der Waals surface area (Å²) >= 11 is 0. The van der Waals surface area contributed by atoms with Crippen molar-refractivity contribution in [2.45, 2.75) is 18.5 Å². The van der Waals surface area contributed by atoms with Crippen molar-refractivity contribution >= 4 is 17.6 Å². The van der Waals surface area contributed by atoms with Crippen molar-refractivity contribution in [3.63, 3.8) is 0 Å². The fourth-order valence-electron chi connectivity index (χ4n) is 1.66. The number of halogens is 6. The summed E-state index contributed by atoms with van der Waals surface area (Å²) in [5.41, 5.74) is -0.0396. The SMILES string of the molecule is CN1C(=O)COC1=Nc1cccc(OC(F)(F)C(F)C(F)(F)F)c1. The number of amides is 1. The summed E-state index contributed by atoms with van der Waals surface area (Å²) < 4.78 is 84.2. The molecular weight excluding hydrogens is 346 g/mol. The first-order valence-electron chi connectivity index (χ1n) is 6.36. The second kappa shape index (κ2) is 6.21. The molecule has 1 atom stereocenters. The van der Waals surface area contributed by atoms with Gasteiger partial charge < -0.3 is 9.47 Å². The Morgan fingerprint density at radius 1 is 1.29 bits per heavy atom. The molecule has 1 heterocycles. The highest BCUT2D eigenvalue weighted by molar-refractivity contribution is 6.00. The first-order valence-corrected chi connectivity index (χ1v) is 6.36. The zero-order chi connectivity index (χ0) is 18.1. The van der Waals surface area contributed by atoms with Crippen molar-refractivity contribution in [1.82, 2.24) is 4.90 Å². The molecule has 2 rings (SSSR count). The number of rotatable bonds is 4. The molecule has 1 aromatic rings. The molecule has 0 radical (unpaired) electrons. The molecule has 1 aliphatic rings. The van der Waals surface area contributed by atoms with E-state index in [-0.39, 0.29) is 18.3 Å². The molecule has 0 aliphatic carbocycles. The van der Waals surface area contributed by atoms with Crippen LogP contribution in [0, 0.1) is 0 Å². The van der Waals surface area contributed by atoms with Gasteiger partial charge in [-0.2, -0.15) is 26.9 Å². The van der Waals surface area contributed by atoms with Crippen molar-refractivity contribution in [1.29, 1.82) is 0 Å². The monoisotopic (exact) mass is 356 g/mol. The summed E-state index contributed by atoms with van der Waals surface area (Å²) in [5, 5.41) is 0. The normalized spacial score (nSPS) is 18.7. The molecule has 1 fully saturated rings. The van der Waals surface area contributed by atoms with Gasteiger partial charge in [0.25, 0.3) is 18.1 Å². The van der Waals surface area contributed by atoms with Crippen LogP contribution in [0.3, 0.4) is 0 Å². The molecule has 5 nitrogen and oxygen atoms in total. The molecule has 1 aliphatic heterocycles. The van der Waals surface area contributed by atoms with E-state index < -0.39 is 30.1 Å². The van der Waals surface area contributed by atoms with Gasteiger partial charge in [0, 0.05) is 13.1 Å². The third-order valence-corrected chi connectivity index (χ3v) is 2.86. The van der Waals surface area contributed by atoms with Crippen LogP contribution >= 0.6 is 0 Å². The van der Waals surface area contributed by atoms with E-state index in [9.17, 15) is 31.1 Å². The Hall–Kier alpha value is -2.46. The number of hydrogen-bond donors (Lipinski definition) is 0. The van der Waals surface area contributed by atoms with Crippen LogP contribution < -0.4 is 4.74 Å². The summed E-state index contributed by atoms with van der Waals surface area (Å²) in [6.07, 6.45) is -15.4. The van der Waals surface area contributed by atoms with Gasteiger partial charge in [-0.15, -0.1) is 0 Å². The Kier molecular flexibility index (Phi) is 4.63. The van der Waals surface area contributed by atoms with E-state index in [4.69, 9.17) is 4.74 Å². The predicted octanol–water partition coefficient (Wildman–Crippen LogP) is 3.03. The second-order valence-electron chi connectivity index (χ2n) is 4.70. The van der Waals surface area contributed by atoms with Crippen LogP contribution in [-0.2, 0) is 9.53 Å². The van der Waals surface area contributed by atoms with Gasteiger partial charge in [0.1, 0.15) is 5.75 Å². The zero-order valence-electron chi connectivity index (χ0n) is 12.0. The second-order valence-corrected chi connectivity index (χ2v) is 4.70. The number of likely N-dealkylation sites (N-methyl/N-ethyl adjacent to an activating group) is 1.